The Balaban J connectivity index is 2.75. The SMILES string of the molecule is COc1cc(NC(=O)NC(=O)/C=C/C(=O)O)c(Br)cc1Br. The molecule has 0 unspecified atom stereocenters. The van der Waals surface area contributed by atoms with Crippen LogP contribution in [0.15, 0.2) is 33.2 Å². The Kier molecular flexibility index (Phi) is 6.38. The lowest BCUT2D eigenvalue weighted by Gasteiger charge is -2.10. The van der Waals surface area contributed by atoms with Gasteiger partial charge in [0, 0.05) is 22.7 Å². The highest BCUT2D eigenvalue weighted by Gasteiger charge is 2.11. The molecule has 0 radical (unpaired) electrons. The van der Waals surface area contributed by atoms with Crippen LogP contribution < -0.4 is 15.4 Å². The number of rotatable bonds is 4. The van der Waals surface area contributed by atoms with Crippen molar-refractivity contribution in [2.45, 2.75) is 0 Å². The molecule has 0 fully saturated rings. The van der Waals surface area contributed by atoms with Gasteiger partial charge in [-0.1, -0.05) is 0 Å². The van der Waals surface area contributed by atoms with Gasteiger partial charge in [0.1, 0.15) is 5.75 Å². The third kappa shape index (κ3) is 5.56. The Bertz CT molecular complexity index is 616. The van der Waals surface area contributed by atoms with Crippen LogP contribution >= 0.6 is 31.9 Å². The predicted octanol–water partition coefficient (Wildman–Crippen LogP) is 2.51. The third-order valence-corrected chi connectivity index (χ3v) is 3.38. The predicted molar refractivity (Wildman–Crippen MR) is 82.3 cm³/mol. The average molecular weight is 422 g/mol. The summed E-state index contributed by atoms with van der Waals surface area (Å²) in [6.45, 7) is 0. The molecular weight excluding hydrogens is 412 g/mol. The van der Waals surface area contributed by atoms with Crippen LogP contribution in [0.2, 0.25) is 0 Å². The summed E-state index contributed by atoms with van der Waals surface area (Å²) in [6.07, 6.45) is 1.36. The maximum Gasteiger partial charge on any atom is 0.328 e. The van der Waals surface area contributed by atoms with E-state index in [1.165, 1.54) is 7.11 Å². The van der Waals surface area contributed by atoms with E-state index >= 15 is 0 Å². The molecule has 1 aromatic rings. The van der Waals surface area contributed by atoms with Gasteiger partial charge in [-0.3, -0.25) is 10.1 Å². The molecule has 0 saturated heterocycles. The molecule has 1 aromatic carbocycles. The van der Waals surface area contributed by atoms with Gasteiger partial charge in [-0.25, -0.2) is 9.59 Å². The Morgan fingerprint density at radius 1 is 1.19 bits per heavy atom. The summed E-state index contributed by atoms with van der Waals surface area (Å²) >= 11 is 6.53. The van der Waals surface area contributed by atoms with Crippen LogP contribution in [-0.2, 0) is 9.59 Å². The van der Waals surface area contributed by atoms with E-state index in [0.29, 0.717) is 26.5 Å². The number of amides is 3. The molecule has 0 bridgehead atoms. The fraction of sp³-hybridized carbons (Fsp3) is 0.0833. The topological polar surface area (TPSA) is 105 Å². The van der Waals surface area contributed by atoms with Crippen LogP contribution in [0.5, 0.6) is 5.75 Å². The normalized spacial score (nSPS) is 10.2. The molecule has 0 spiro atoms. The van der Waals surface area contributed by atoms with Crippen LogP contribution in [0.4, 0.5) is 10.5 Å². The number of imide groups is 1. The quantitative estimate of drug-likeness (QED) is 0.648. The number of hydrogen-bond acceptors (Lipinski definition) is 4. The van der Waals surface area contributed by atoms with E-state index in [0.717, 1.165) is 6.08 Å². The molecule has 0 atom stereocenters. The molecule has 0 heterocycles. The smallest absolute Gasteiger partial charge is 0.328 e. The number of aliphatic carboxylic acids is 1. The Labute approximate surface area is 136 Å². The average Bonchev–Trinajstić information content (AvgIpc) is 2.39. The van der Waals surface area contributed by atoms with Crippen molar-refractivity contribution in [3.8, 4) is 5.75 Å². The number of methoxy groups -OCH3 is 1. The first-order valence-corrected chi connectivity index (χ1v) is 6.98. The van der Waals surface area contributed by atoms with E-state index in [2.05, 4.69) is 37.2 Å². The number of anilines is 1. The minimum absolute atomic E-state index is 0.377. The number of ether oxygens (including phenoxy) is 1. The molecule has 0 aliphatic heterocycles. The molecule has 21 heavy (non-hydrogen) atoms. The first-order chi connectivity index (χ1) is 9.83. The molecule has 3 N–H and O–H groups in total. The van der Waals surface area contributed by atoms with Crippen LogP contribution in [0, 0.1) is 0 Å². The molecule has 0 aliphatic carbocycles. The molecule has 1 rings (SSSR count). The number of carboxylic acids is 1. The summed E-state index contributed by atoms with van der Waals surface area (Å²) in [7, 11) is 1.47. The lowest BCUT2D eigenvalue weighted by atomic mass is 10.3. The summed E-state index contributed by atoms with van der Waals surface area (Å²) in [6, 6.07) is 2.41. The van der Waals surface area contributed by atoms with E-state index in [1.807, 2.05) is 5.32 Å². The summed E-state index contributed by atoms with van der Waals surface area (Å²) in [5, 5.41) is 12.7. The van der Waals surface area contributed by atoms with Crippen molar-refractivity contribution in [3.05, 3.63) is 33.2 Å². The maximum absolute atomic E-state index is 11.6. The summed E-state index contributed by atoms with van der Waals surface area (Å²) < 4.78 is 6.34. The second-order valence-corrected chi connectivity index (χ2v) is 5.29. The van der Waals surface area contributed by atoms with Gasteiger partial charge in [0.25, 0.3) is 5.91 Å². The highest BCUT2D eigenvalue weighted by atomic mass is 79.9. The monoisotopic (exact) mass is 420 g/mol. The third-order valence-electron chi connectivity index (χ3n) is 2.10. The lowest BCUT2D eigenvalue weighted by Crippen LogP contribution is -2.33. The van der Waals surface area contributed by atoms with Crippen LogP contribution in [0.1, 0.15) is 0 Å². The molecule has 0 saturated carbocycles. The van der Waals surface area contributed by atoms with Crippen molar-refractivity contribution < 1.29 is 24.2 Å². The van der Waals surface area contributed by atoms with Crippen LogP contribution in [0.25, 0.3) is 0 Å². The first kappa shape index (κ1) is 17.2. The van der Waals surface area contributed by atoms with Gasteiger partial charge in [-0.2, -0.15) is 0 Å². The number of benzene rings is 1. The van der Waals surface area contributed by atoms with Crippen LogP contribution in [-0.4, -0.2) is 30.1 Å². The van der Waals surface area contributed by atoms with Gasteiger partial charge in [0.05, 0.1) is 17.3 Å². The largest absolute Gasteiger partial charge is 0.495 e. The van der Waals surface area contributed by atoms with Crippen molar-refractivity contribution in [2.24, 2.45) is 0 Å². The highest BCUT2D eigenvalue weighted by molar-refractivity contribution is 9.11. The van der Waals surface area contributed by atoms with Crippen molar-refractivity contribution in [1.82, 2.24) is 5.32 Å². The number of carboxylic acid groups (broad SMARTS) is 1. The number of nitrogens with one attached hydrogen (secondary N) is 2. The van der Waals surface area contributed by atoms with E-state index in [9.17, 15) is 14.4 Å². The number of urea groups is 1. The fourth-order valence-electron chi connectivity index (χ4n) is 1.24. The first-order valence-electron chi connectivity index (χ1n) is 5.39. The van der Waals surface area contributed by atoms with Gasteiger partial charge in [0.15, 0.2) is 0 Å². The van der Waals surface area contributed by atoms with Crippen LogP contribution in [0.3, 0.4) is 0 Å². The minimum atomic E-state index is -1.29. The number of halogens is 2. The van der Waals surface area contributed by atoms with Gasteiger partial charge < -0.3 is 15.2 Å². The van der Waals surface area contributed by atoms with E-state index in [4.69, 9.17) is 9.84 Å². The van der Waals surface area contributed by atoms with Crippen molar-refractivity contribution in [3.63, 3.8) is 0 Å². The minimum Gasteiger partial charge on any atom is -0.495 e. The standard InChI is InChI=1S/C12H10Br2N2O5/c1-21-9-5-8(6(13)4-7(9)14)15-12(20)16-10(17)2-3-11(18)19/h2-5H,1H3,(H,18,19)(H2,15,16,17,20)/b3-2+. The van der Waals surface area contributed by atoms with Gasteiger partial charge in [0.2, 0.25) is 0 Å². The molecule has 0 aromatic heterocycles. The van der Waals surface area contributed by atoms with Gasteiger partial charge in [-0.05, 0) is 37.9 Å². The van der Waals surface area contributed by atoms with Gasteiger partial charge >= 0.3 is 12.0 Å². The lowest BCUT2D eigenvalue weighted by molar-refractivity contribution is -0.131. The number of carbonyl (C=O) groups excluding carboxylic acids is 2. The van der Waals surface area contributed by atoms with E-state index in [-0.39, 0.29) is 0 Å². The van der Waals surface area contributed by atoms with Crippen molar-refractivity contribution >= 4 is 55.5 Å². The number of carbonyl (C=O) groups is 3. The van der Waals surface area contributed by atoms with E-state index < -0.39 is 17.9 Å². The van der Waals surface area contributed by atoms with Crippen molar-refractivity contribution in [1.29, 1.82) is 0 Å². The second-order valence-electron chi connectivity index (χ2n) is 3.58. The van der Waals surface area contributed by atoms with E-state index in [1.54, 1.807) is 12.1 Å². The molecule has 3 amide bonds. The Hall–Kier alpha value is -1.87. The summed E-state index contributed by atoms with van der Waals surface area (Å²) in [5.74, 6) is -1.65. The zero-order chi connectivity index (χ0) is 16.0. The summed E-state index contributed by atoms with van der Waals surface area (Å²) in [4.78, 5) is 33.1. The molecule has 9 heteroatoms. The number of hydrogen-bond donors (Lipinski definition) is 3. The molecule has 112 valence electrons. The molecule has 0 aliphatic rings. The maximum atomic E-state index is 11.6. The zero-order valence-electron chi connectivity index (χ0n) is 10.6. The Morgan fingerprint density at radius 3 is 2.43 bits per heavy atom. The van der Waals surface area contributed by atoms with Crippen molar-refractivity contribution in [2.75, 3.05) is 12.4 Å². The fourth-order valence-corrected chi connectivity index (χ4v) is 2.49. The highest BCUT2D eigenvalue weighted by Crippen LogP contribution is 2.34. The zero-order valence-corrected chi connectivity index (χ0v) is 13.8. The van der Waals surface area contributed by atoms with Gasteiger partial charge in [-0.15, -0.1) is 0 Å². The Morgan fingerprint density at radius 2 is 1.86 bits per heavy atom. The second kappa shape index (κ2) is 7.79. The molecule has 7 nitrogen and oxygen atoms in total. The molecular formula is C12H10Br2N2O5. The summed E-state index contributed by atoms with van der Waals surface area (Å²) in [5.41, 5.74) is 0.377.